The van der Waals surface area contributed by atoms with Crippen molar-refractivity contribution in [3.63, 3.8) is 0 Å². The van der Waals surface area contributed by atoms with E-state index in [0.29, 0.717) is 33.0 Å². The Labute approximate surface area is 135 Å². The zero-order valence-corrected chi connectivity index (χ0v) is 13.5. The first-order chi connectivity index (χ1) is 11.0. The lowest BCUT2D eigenvalue weighted by Crippen LogP contribution is -2.27. The molecule has 0 aromatic heterocycles. The maximum Gasteiger partial charge on any atom is 0.333 e. The van der Waals surface area contributed by atoms with E-state index < -0.39 is 24.5 Å². The number of hydrogen-bond acceptors (Lipinski definition) is 7. The van der Waals surface area contributed by atoms with Gasteiger partial charge in [-0.05, 0) is 6.42 Å². The van der Waals surface area contributed by atoms with Gasteiger partial charge < -0.3 is 34.6 Å². The topological polar surface area (TPSA) is 143 Å². The van der Waals surface area contributed by atoms with Crippen LogP contribution < -0.4 is 0 Å². The van der Waals surface area contributed by atoms with E-state index in [1.807, 2.05) is 6.92 Å². The Bertz CT molecular complexity index is 275. The number of unbranched alkanes of at least 4 members (excludes halogenated alkanes) is 1. The summed E-state index contributed by atoms with van der Waals surface area (Å²) >= 11 is 0. The van der Waals surface area contributed by atoms with Crippen LogP contribution in [0.2, 0.25) is 0 Å². The Kier molecular flexibility index (Phi) is 19.6. The van der Waals surface area contributed by atoms with Gasteiger partial charge in [0.1, 0.15) is 0 Å². The van der Waals surface area contributed by atoms with Crippen molar-refractivity contribution in [3.8, 4) is 0 Å². The van der Waals surface area contributed by atoms with E-state index in [-0.39, 0.29) is 13.2 Å². The van der Waals surface area contributed by atoms with Crippen molar-refractivity contribution < 1.29 is 44.2 Å². The molecule has 0 radical (unpaired) electrons. The highest BCUT2D eigenvalue weighted by atomic mass is 16.5. The highest BCUT2D eigenvalue weighted by Gasteiger charge is 2.20. The van der Waals surface area contributed by atoms with Crippen LogP contribution in [-0.4, -0.2) is 84.7 Å². The van der Waals surface area contributed by atoms with Gasteiger partial charge in [-0.3, -0.25) is 4.79 Å². The summed E-state index contributed by atoms with van der Waals surface area (Å²) in [5, 5.41) is 33.4. The lowest BCUT2D eigenvalue weighted by atomic mass is 10.2. The Morgan fingerprint density at radius 1 is 0.913 bits per heavy atom. The van der Waals surface area contributed by atoms with Crippen molar-refractivity contribution in [2.75, 3.05) is 46.2 Å². The van der Waals surface area contributed by atoms with E-state index in [2.05, 4.69) is 0 Å². The molecule has 0 spiro atoms. The molecule has 0 aromatic rings. The molecule has 0 aromatic carbocycles. The van der Waals surface area contributed by atoms with E-state index in [1.54, 1.807) is 0 Å². The molecule has 9 nitrogen and oxygen atoms in total. The van der Waals surface area contributed by atoms with E-state index in [9.17, 15) is 9.59 Å². The zero-order chi connectivity index (χ0) is 17.9. The molecule has 23 heavy (non-hydrogen) atoms. The molecule has 0 aliphatic rings. The van der Waals surface area contributed by atoms with Crippen molar-refractivity contribution in [1.82, 2.24) is 0 Å². The predicted octanol–water partition coefficient (Wildman–Crippen LogP) is -0.265. The van der Waals surface area contributed by atoms with Crippen LogP contribution in [0.3, 0.4) is 0 Å². The number of carboxylic acid groups (broad SMARTS) is 2. The average molecular weight is 340 g/mol. The Morgan fingerprint density at radius 3 is 1.78 bits per heavy atom. The third-order valence-electron chi connectivity index (χ3n) is 2.30. The number of ether oxygens (including phenoxy) is 3. The third-order valence-corrected chi connectivity index (χ3v) is 2.30. The molecule has 0 rings (SSSR count). The highest BCUT2D eigenvalue weighted by molar-refractivity contribution is 5.79. The molecule has 0 saturated carbocycles. The lowest BCUT2D eigenvalue weighted by Gasteiger charge is -2.10. The smallest absolute Gasteiger partial charge is 0.333 e. The van der Waals surface area contributed by atoms with Gasteiger partial charge in [0.15, 0.2) is 6.10 Å². The zero-order valence-electron chi connectivity index (χ0n) is 13.5. The van der Waals surface area contributed by atoms with Gasteiger partial charge in [-0.2, -0.15) is 0 Å². The minimum absolute atomic E-state index is 0.0417. The van der Waals surface area contributed by atoms with Crippen molar-refractivity contribution >= 4 is 11.9 Å². The summed E-state index contributed by atoms with van der Waals surface area (Å²) < 4.78 is 14.6. The molecule has 0 heterocycles. The number of hydrogen-bond donors (Lipinski definition) is 4. The summed E-state index contributed by atoms with van der Waals surface area (Å²) in [6.45, 7) is 3.96. The van der Waals surface area contributed by atoms with Gasteiger partial charge >= 0.3 is 11.9 Å². The molecule has 1 atom stereocenters. The molecule has 9 heteroatoms. The van der Waals surface area contributed by atoms with Crippen molar-refractivity contribution in [3.05, 3.63) is 0 Å². The molecule has 0 bridgehead atoms. The maximum atomic E-state index is 10.4. The molecule has 0 amide bonds. The Hall–Kier alpha value is -1.26. The molecule has 138 valence electrons. The van der Waals surface area contributed by atoms with Crippen LogP contribution in [0, 0.1) is 0 Å². The third kappa shape index (κ3) is 20.7. The highest BCUT2D eigenvalue weighted by Crippen LogP contribution is 2.01. The number of rotatable bonds is 14. The summed E-state index contributed by atoms with van der Waals surface area (Å²) in [6, 6.07) is 0. The fourth-order valence-electron chi connectivity index (χ4n) is 1.20. The maximum absolute atomic E-state index is 10.4. The first-order valence-electron chi connectivity index (χ1n) is 7.42. The van der Waals surface area contributed by atoms with Crippen molar-refractivity contribution in [2.45, 2.75) is 32.3 Å². The normalized spacial score (nSPS) is 11.4. The molecule has 0 saturated heterocycles. The van der Waals surface area contributed by atoms with Gasteiger partial charge in [0.25, 0.3) is 0 Å². The molecular weight excluding hydrogens is 312 g/mol. The summed E-state index contributed by atoms with van der Waals surface area (Å²) in [6.07, 6.45) is -0.0777. The van der Waals surface area contributed by atoms with Gasteiger partial charge in [-0.1, -0.05) is 13.3 Å². The lowest BCUT2D eigenvalue weighted by molar-refractivity contribution is -0.156. The number of aliphatic hydroxyl groups excluding tert-OH is 2. The van der Waals surface area contributed by atoms with E-state index in [1.165, 1.54) is 0 Å². The van der Waals surface area contributed by atoms with Crippen LogP contribution >= 0.6 is 0 Å². The Morgan fingerprint density at radius 2 is 1.43 bits per heavy atom. The van der Waals surface area contributed by atoms with Gasteiger partial charge in [-0.15, -0.1) is 0 Å². The van der Waals surface area contributed by atoms with Crippen molar-refractivity contribution in [1.29, 1.82) is 0 Å². The minimum Gasteiger partial charge on any atom is -0.481 e. The van der Waals surface area contributed by atoms with Crippen LogP contribution in [0.4, 0.5) is 0 Å². The van der Waals surface area contributed by atoms with Gasteiger partial charge in [0, 0.05) is 6.61 Å². The van der Waals surface area contributed by atoms with Gasteiger partial charge in [-0.25, -0.2) is 4.79 Å². The largest absolute Gasteiger partial charge is 0.481 e. The first-order valence-corrected chi connectivity index (χ1v) is 7.42. The second-order valence-electron chi connectivity index (χ2n) is 4.32. The van der Waals surface area contributed by atoms with E-state index >= 15 is 0 Å². The first kappa shape index (κ1) is 24.0. The summed E-state index contributed by atoms with van der Waals surface area (Å²) in [5.74, 6) is -2.39. The predicted molar refractivity (Wildman–Crippen MR) is 80.3 cm³/mol. The molecule has 1 unspecified atom stereocenters. The summed E-state index contributed by atoms with van der Waals surface area (Å²) in [4.78, 5) is 20.6. The minimum atomic E-state index is -1.22. The quantitative estimate of drug-likeness (QED) is 0.314. The second-order valence-corrected chi connectivity index (χ2v) is 4.32. The fourth-order valence-corrected chi connectivity index (χ4v) is 1.20. The van der Waals surface area contributed by atoms with Gasteiger partial charge in [0.05, 0.1) is 46.1 Å². The van der Waals surface area contributed by atoms with Crippen LogP contribution in [0.1, 0.15) is 26.2 Å². The second kappa shape index (κ2) is 18.8. The summed E-state index contributed by atoms with van der Waals surface area (Å²) in [5.41, 5.74) is 0. The standard InChI is InChI=1S/C8H14O5.C6H14O4/c1-2-3-4-13-6(8(11)12)5-7(9)10;7-1-3-9-5-6-10-4-2-8/h6H,2-5H2,1H3,(H,9,10)(H,11,12);7-8H,1-6H2. The Balaban J connectivity index is 0. The molecule has 0 fully saturated rings. The van der Waals surface area contributed by atoms with Gasteiger partial charge in [0.2, 0.25) is 0 Å². The average Bonchev–Trinajstić information content (AvgIpc) is 2.50. The fraction of sp³-hybridized carbons (Fsp3) is 0.857. The summed E-state index contributed by atoms with van der Waals surface area (Å²) in [7, 11) is 0. The molecule has 0 aliphatic heterocycles. The van der Waals surface area contributed by atoms with Crippen LogP contribution in [0.15, 0.2) is 0 Å². The number of aliphatic carboxylic acids is 2. The van der Waals surface area contributed by atoms with E-state index in [4.69, 9.17) is 34.6 Å². The van der Waals surface area contributed by atoms with Crippen LogP contribution in [0.25, 0.3) is 0 Å². The van der Waals surface area contributed by atoms with Crippen LogP contribution in [0.5, 0.6) is 0 Å². The monoisotopic (exact) mass is 340 g/mol. The molecule has 0 aliphatic carbocycles. The number of aliphatic hydroxyl groups is 2. The number of carbonyl (C=O) groups is 2. The van der Waals surface area contributed by atoms with Crippen molar-refractivity contribution in [2.24, 2.45) is 0 Å². The number of carboxylic acids is 2. The van der Waals surface area contributed by atoms with Crippen LogP contribution in [-0.2, 0) is 23.8 Å². The molecular formula is C14H28O9. The SMILES string of the molecule is CCCCOC(CC(=O)O)C(=O)O.OCCOCCOCCO. The molecule has 4 N–H and O–H groups in total. The van der Waals surface area contributed by atoms with E-state index in [0.717, 1.165) is 12.8 Å².